The molecule has 1 N–H and O–H groups in total. The molecule has 0 radical (unpaired) electrons. The van der Waals surface area contributed by atoms with Gasteiger partial charge in [-0.3, -0.25) is 0 Å². The second-order valence-electron chi connectivity index (χ2n) is 5.62. The zero-order valence-corrected chi connectivity index (χ0v) is 14.4. The third-order valence-corrected chi connectivity index (χ3v) is 6.40. The third-order valence-electron chi connectivity index (χ3n) is 3.77. The van der Waals surface area contributed by atoms with Crippen molar-refractivity contribution in [1.29, 1.82) is 0 Å². The van der Waals surface area contributed by atoms with Gasteiger partial charge in [0.2, 0.25) is 0 Å². The number of nitrogens with zero attached hydrogens (tertiary/aromatic N) is 4. The molecule has 2 heterocycles. The van der Waals surface area contributed by atoms with Gasteiger partial charge in [-0.25, -0.2) is 28.1 Å². The van der Waals surface area contributed by atoms with Gasteiger partial charge in [0.15, 0.2) is 10.2 Å². The first-order chi connectivity index (χ1) is 11.0. The summed E-state index contributed by atoms with van der Waals surface area (Å²) >= 11 is 1.67. The maximum Gasteiger partial charge on any atom is 0.259 e. The minimum Gasteiger partial charge on any atom is -0.339 e. The summed E-state index contributed by atoms with van der Waals surface area (Å²) in [6, 6.07) is 1.77. The van der Waals surface area contributed by atoms with Crippen molar-refractivity contribution in [3.63, 3.8) is 0 Å². The molecule has 1 aliphatic rings. The van der Waals surface area contributed by atoms with E-state index in [0.717, 1.165) is 30.8 Å². The molecule has 124 valence electrons. The molecule has 0 amide bonds. The summed E-state index contributed by atoms with van der Waals surface area (Å²) in [7, 11) is -1.78. The van der Waals surface area contributed by atoms with Crippen LogP contribution in [0.3, 0.4) is 0 Å². The predicted octanol–water partition coefficient (Wildman–Crippen LogP) is 1.59. The van der Waals surface area contributed by atoms with Gasteiger partial charge in [0.1, 0.15) is 0 Å². The van der Waals surface area contributed by atoms with Gasteiger partial charge in [0, 0.05) is 36.9 Å². The highest BCUT2D eigenvalue weighted by Gasteiger charge is 2.27. The smallest absolute Gasteiger partial charge is 0.259 e. The number of sulfonamides is 1. The molecule has 0 bridgehead atoms. The predicted molar refractivity (Wildman–Crippen MR) is 87.5 cm³/mol. The fourth-order valence-corrected chi connectivity index (χ4v) is 4.94. The highest BCUT2D eigenvalue weighted by molar-refractivity contribution is 7.99. The molecule has 23 heavy (non-hydrogen) atoms. The van der Waals surface area contributed by atoms with Crippen LogP contribution >= 0.6 is 11.8 Å². The molecule has 7 nitrogen and oxygen atoms in total. The SMILES string of the molecule is Cn1cnc(S(=O)(=O)NC2CCC(Sc3ncccn3)CC2)c1. The van der Waals surface area contributed by atoms with Gasteiger partial charge >= 0.3 is 0 Å². The summed E-state index contributed by atoms with van der Waals surface area (Å²) in [5, 5.41) is 1.30. The quantitative estimate of drug-likeness (QED) is 0.821. The maximum absolute atomic E-state index is 12.3. The zero-order valence-electron chi connectivity index (χ0n) is 12.8. The highest BCUT2D eigenvalue weighted by atomic mass is 32.2. The normalized spacial score (nSPS) is 22.1. The van der Waals surface area contributed by atoms with Crippen LogP contribution in [0.4, 0.5) is 0 Å². The molecule has 0 atom stereocenters. The van der Waals surface area contributed by atoms with E-state index in [4.69, 9.17) is 0 Å². The Bertz CT molecular complexity index is 740. The van der Waals surface area contributed by atoms with E-state index >= 15 is 0 Å². The molecule has 2 aromatic rings. The number of aromatic nitrogens is 4. The molecule has 2 aromatic heterocycles. The van der Waals surface area contributed by atoms with Crippen molar-refractivity contribution in [3.05, 3.63) is 31.0 Å². The van der Waals surface area contributed by atoms with Crippen LogP contribution in [0.2, 0.25) is 0 Å². The van der Waals surface area contributed by atoms with Gasteiger partial charge in [-0.15, -0.1) is 0 Å². The molecule has 0 saturated heterocycles. The summed E-state index contributed by atoms with van der Waals surface area (Å²) in [6.45, 7) is 0. The van der Waals surface area contributed by atoms with Crippen LogP contribution in [0.25, 0.3) is 0 Å². The Hall–Kier alpha value is -1.45. The van der Waals surface area contributed by atoms with Crippen LogP contribution < -0.4 is 4.72 Å². The average Bonchev–Trinajstić information content (AvgIpc) is 2.98. The molecule has 0 spiro atoms. The summed E-state index contributed by atoms with van der Waals surface area (Å²) in [4.78, 5) is 12.4. The average molecular weight is 353 g/mol. The van der Waals surface area contributed by atoms with Crippen molar-refractivity contribution in [2.45, 2.75) is 47.2 Å². The first-order valence-electron chi connectivity index (χ1n) is 7.47. The minimum absolute atomic E-state index is 0.0319. The van der Waals surface area contributed by atoms with Crippen LogP contribution in [0, 0.1) is 0 Å². The lowest BCUT2D eigenvalue weighted by atomic mass is 9.96. The summed E-state index contributed by atoms with van der Waals surface area (Å²) in [5.74, 6) is 0. The molecule has 1 aliphatic carbocycles. The van der Waals surface area contributed by atoms with Crippen LogP contribution in [-0.4, -0.2) is 39.2 Å². The van der Waals surface area contributed by atoms with Gasteiger partial charge in [-0.05, 0) is 31.7 Å². The van der Waals surface area contributed by atoms with Crippen molar-refractivity contribution in [3.8, 4) is 0 Å². The van der Waals surface area contributed by atoms with E-state index in [9.17, 15) is 8.42 Å². The Kier molecular flexibility index (Phi) is 4.98. The number of imidazole rings is 1. The van der Waals surface area contributed by atoms with E-state index in [-0.39, 0.29) is 11.1 Å². The van der Waals surface area contributed by atoms with Crippen LogP contribution in [-0.2, 0) is 17.1 Å². The molecule has 1 saturated carbocycles. The van der Waals surface area contributed by atoms with Crippen molar-refractivity contribution in [2.24, 2.45) is 7.05 Å². The molecule has 0 aromatic carbocycles. The molecule has 9 heteroatoms. The van der Waals surface area contributed by atoms with E-state index in [0.29, 0.717) is 5.25 Å². The molecule has 0 aliphatic heterocycles. The van der Waals surface area contributed by atoms with Gasteiger partial charge in [0.25, 0.3) is 10.0 Å². The summed E-state index contributed by atoms with van der Waals surface area (Å²) in [6.07, 6.45) is 9.99. The monoisotopic (exact) mass is 353 g/mol. The van der Waals surface area contributed by atoms with E-state index in [1.54, 1.807) is 41.8 Å². The Balaban J connectivity index is 1.53. The Morgan fingerprint density at radius 3 is 2.48 bits per heavy atom. The zero-order chi connectivity index (χ0) is 16.3. The number of hydrogen-bond donors (Lipinski definition) is 1. The van der Waals surface area contributed by atoms with E-state index in [1.165, 1.54) is 12.5 Å². The Morgan fingerprint density at radius 2 is 1.87 bits per heavy atom. The van der Waals surface area contributed by atoms with Gasteiger partial charge in [-0.1, -0.05) is 11.8 Å². The Morgan fingerprint density at radius 1 is 1.17 bits per heavy atom. The second kappa shape index (κ2) is 6.98. The highest BCUT2D eigenvalue weighted by Crippen LogP contribution is 2.32. The number of aryl methyl sites for hydroxylation is 1. The lowest BCUT2D eigenvalue weighted by Gasteiger charge is -2.27. The van der Waals surface area contributed by atoms with Gasteiger partial charge < -0.3 is 4.57 Å². The third kappa shape index (κ3) is 4.30. The van der Waals surface area contributed by atoms with E-state index in [1.807, 2.05) is 0 Å². The number of thioether (sulfide) groups is 1. The molecular weight excluding hydrogens is 334 g/mol. The fourth-order valence-electron chi connectivity index (χ4n) is 2.60. The Labute approximate surface area is 140 Å². The molecule has 0 unspecified atom stereocenters. The number of nitrogens with one attached hydrogen (secondary N) is 1. The van der Waals surface area contributed by atoms with E-state index in [2.05, 4.69) is 19.7 Å². The number of hydrogen-bond acceptors (Lipinski definition) is 6. The standard InChI is InChI=1S/C14H19N5O2S2/c1-19-9-13(17-10-19)23(20,21)18-11-3-5-12(6-4-11)22-14-15-7-2-8-16-14/h2,7-12,18H,3-6H2,1H3. The van der Waals surface area contributed by atoms with E-state index < -0.39 is 10.0 Å². The molecular formula is C14H19N5O2S2. The fraction of sp³-hybridized carbons (Fsp3) is 0.500. The van der Waals surface area contributed by atoms with Crippen LogP contribution in [0.5, 0.6) is 0 Å². The van der Waals surface area contributed by atoms with Crippen LogP contribution in [0.15, 0.2) is 41.2 Å². The lowest BCUT2D eigenvalue weighted by Crippen LogP contribution is -2.38. The minimum atomic E-state index is -3.53. The molecule has 3 rings (SSSR count). The van der Waals surface area contributed by atoms with Crippen molar-refractivity contribution >= 4 is 21.8 Å². The number of rotatable bonds is 5. The second-order valence-corrected chi connectivity index (χ2v) is 8.55. The van der Waals surface area contributed by atoms with Crippen molar-refractivity contribution in [2.75, 3.05) is 0 Å². The van der Waals surface area contributed by atoms with Crippen molar-refractivity contribution in [1.82, 2.24) is 24.2 Å². The molecule has 1 fully saturated rings. The van der Waals surface area contributed by atoms with Gasteiger partial charge in [0.05, 0.1) is 6.33 Å². The van der Waals surface area contributed by atoms with Crippen LogP contribution in [0.1, 0.15) is 25.7 Å². The van der Waals surface area contributed by atoms with Crippen molar-refractivity contribution < 1.29 is 8.42 Å². The largest absolute Gasteiger partial charge is 0.339 e. The summed E-state index contributed by atoms with van der Waals surface area (Å²) < 4.78 is 28.9. The van der Waals surface area contributed by atoms with Gasteiger partial charge in [-0.2, -0.15) is 0 Å². The first kappa shape index (κ1) is 16.4. The lowest BCUT2D eigenvalue weighted by molar-refractivity contribution is 0.419. The summed E-state index contributed by atoms with van der Waals surface area (Å²) in [5.41, 5.74) is 0. The first-order valence-corrected chi connectivity index (χ1v) is 9.83. The maximum atomic E-state index is 12.3. The topological polar surface area (TPSA) is 89.8 Å².